The van der Waals surface area contributed by atoms with E-state index in [0.29, 0.717) is 6.04 Å². The Morgan fingerprint density at radius 1 is 1.38 bits per heavy atom. The Morgan fingerprint density at radius 2 is 2.14 bits per heavy atom. The fourth-order valence-corrected chi connectivity index (χ4v) is 2.59. The summed E-state index contributed by atoms with van der Waals surface area (Å²) in [5.41, 5.74) is 2.45. The van der Waals surface area contributed by atoms with Gasteiger partial charge in [0.25, 0.3) is 0 Å². The molecule has 0 atom stereocenters. The van der Waals surface area contributed by atoms with Crippen molar-refractivity contribution in [2.45, 2.75) is 33.0 Å². The summed E-state index contributed by atoms with van der Waals surface area (Å²) in [4.78, 5) is 6.57. The minimum Gasteiger partial charge on any atom is -0.367 e. The van der Waals surface area contributed by atoms with Crippen molar-refractivity contribution >= 4 is 21.6 Å². The SMILES string of the molecule is CC(C)NCc1ccc(N(C)Cc2nccn2C)cc1Br. The molecule has 0 saturated heterocycles. The van der Waals surface area contributed by atoms with Crippen molar-refractivity contribution in [1.82, 2.24) is 14.9 Å². The van der Waals surface area contributed by atoms with Gasteiger partial charge in [-0.25, -0.2) is 4.98 Å². The Hall–Kier alpha value is -1.33. The lowest BCUT2D eigenvalue weighted by atomic mass is 10.2. The number of aryl methyl sites for hydroxylation is 1. The summed E-state index contributed by atoms with van der Waals surface area (Å²) < 4.78 is 3.19. The first-order valence-corrected chi connectivity index (χ1v) is 7.96. The van der Waals surface area contributed by atoms with Crippen LogP contribution in [0.1, 0.15) is 25.2 Å². The van der Waals surface area contributed by atoms with Gasteiger partial charge in [-0.15, -0.1) is 0 Å². The van der Waals surface area contributed by atoms with Crippen molar-refractivity contribution in [3.05, 3.63) is 46.5 Å². The van der Waals surface area contributed by atoms with Crippen LogP contribution in [-0.4, -0.2) is 22.6 Å². The molecule has 0 spiro atoms. The predicted octanol–water partition coefficient (Wildman–Crippen LogP) is 3.32. The smallest absolute Gasteiger partial charge is 0.127 e. The Kier molecular flexibility index (Phi) is 5.42. The van der Waals surface area contributed by atoms with E-state index in [2.05, 4.69) is 70.2 Å². The third-order valence-electron chi connectivity index (χ3n) is 3.48. The molecule has 0 saturated carbocycles. The normalized spacial score (nSPS) is 11.1. The molecular weight excluding hydrogens is 328 g/mol. The van der Waals surface area contributed by atoms with E-state index < -0.39 is 0 Å². The molecule has 4 nitrogen and oxygen atoms in total. The highest BCUT2D eigenvalue weighted by Gasteiger charge is 2.08. The first-order chi connectivity index (χ1) is 9.97. The number of nitrogens with zero attached hydrogens (tertiary/aromatic N) is 3. The van der Waals surface area contributed by atoms with Crippen LogP contribution in [0.5, 0.6) is 0 Å². The van der Waals surface area contributed by atoms with Gasteiger partial charge >= 0.3 is 0 Å². The third kappa shape index (κ3) is 4.32. The number of benzene rings is 1. The van der Waals surface area contributed by atoms with Crippen LogP contribution >= 0.6 is 15.9 Å². The maximum absolute atomic E-state index is 4.37. The van der Waals surface area contributed by atoms with Crippen LogP contribution in [0.25, 0.3) is 0 Å². The second kappa shape index (κ2) is 7.09. The van der Waals surface area contributed by atoms with Gasteiger partial charge in [-0.2, -0.15) is 0 Å². The summed E-state index contributed by atoms with van der Waals surface area (Å²) in [7, 11) is 4.11. The molecule has 114 valence electrons. The highest BCUT2D eigenvalue weighted by atomic mass is 79.9. The largest absolute Gasteiger partial charge is 0.367 e. The van der Waals surface area contributed by atoms with Gasteiger partial charge < -0.3 is 14.8 Å². The summed E-state index contributed by atoms with van der Waals surface area (Å²) in [5, 5.41) is 3.44. The zero-order valence-electron chi connectivity index (χ0n) is 13.1. The van der Waals surface area contributed by atoms with Crippen molar-refractivity contribution in [1.29, 1.82) is 0 Å². The van der Waals surface area contributed by atoms with E-state index >= 15 is 0 Å². The number of hydrogen-bond acceptors (Lipinski definition) is 3. The highest BCUT2D eigenvalue weighted by Crippen LogP contribution is 2.24. The molecule has 1 N–H and O–H groups in total. The van der Waals surface area contributed by atoms with E-state index in [1.165, 1.54) is 11.3 Å². The van der Waals surface area contributed by atoms with Gasteiger partial charge in [0, 0.05) is 49.2 Å². The average Bonchev–Trinajstić information content (AvgIpc) is 2.82. The van der Waals surface area contributed by atoms with Crippen LogP contribution in [0.3, 0.4) is 0 Å². The summed E-state index contributed by atoms with van der Waals surface area (Å²) in [5.74, 6) is 1.05. The topological polar surface area (TPSA) is 33.1 Å². The van der Waals surface area contributed by atoms with Gasteiger partial charge in [-0.1, -0.05) is 35.8 Å². The number of anilines is 1. The van der Waals surface area contributed by atoms with E-state index in [1.807, 2.05) is 24.0 Å². The lowest BCUT2D eigenvalue weighted by Crippen LogP contribution is -2.22. The number of halogens is 1. The quantitative estimate of drug-likeness (QED) is 0.867. The standard InChI is InChI=1S/C16H23BrN4/c1-12(2)19-10-13-5-6-14(9-15(13)17)21(4)11-16-18-7-8-20(16)3/h5-9,12,19H,10-11H2,1-4H3. The van der Waals surface area contributed by atoms with Crippen LogP contribution in [-0.2, 0) is 20.1 Å². The molecule has 0 radical (unpaired) electrons. The Bertz CT molecular complexity index is 592. The zero-order valence-corrected chi connectivity index (χ0v) is 14.7. The van der Waals surface area contributed by atoms with Gasteiger partial charge in [0.15, 0.2) is 0 Å². The van der Waals surface area contributed by atoms with Gasteiger partial charge in [0.1, 0.15) is 5.82 Å². The van der Waals surface area contributed by atoms with E-state index in [1.54, 1.807) is 0 Å². The molecule has 1 heterocycles. The van der Waals surface area contributed by atoms with Gasteiger partial charge in [-0.3, -0.25) is 0 Å². The lowest BCUT2D eigenvalue weighted by molar-refractivity contribution is 0.588. The Labute approximate surface area is 135 Å². The van der Waals surface area contributed by atoms with Crippen LogP contribution in [0.4, 0.5) is 5.69 Å². The second-order valence-corrected chi connectivity index (χ2v) is 6.48. The molecule has 0 aliphatic heterocycles. The van der Waals surface area contributed by atoms with Crippen LogP contribution in [0.15, 0.2) is 35.1 Å². The molecule has 2 rings (SSSR count). The lowest BCUT2D eigenvalue weighted by Gasteiger charge is -2.20. The number of aromatic nitrogens is 2. The van der Waals surface area contributed by atoms with Crippen molar-refractivity contribution in [3.63, 3.8) is 0 Å². The summed E-state index contributed by atoms with van der Waals surface area (Å²) >= 11 is 3.67. The van der Waals surface area contributed by atoms with Gasteiger partial charge in [-0.05, 0) is 17.7 Å². The first-order valence-electron chi connectivity index (χ1n) is 7.16. The second-order valence-electron chi connectivity index (χ2n) is 5.62. The zero-order chi connectivity index (χ0) is 15.4. The summed E-state index contributed by atoms with van der Waals surface area (Å²) in [6.45, 7) is 5.98. The molecule has 0 bridgehead atoms. The highest BCUT2D eigenvalue weighted by molar-refractivity contribution is 9.10. The average molecular weight is 351 g/mol. The van der Waals surface area contributed by atoms with E-state index in [-0.39, 0.29) is 0 Å². The first kappa shape index (κ1) is 16.0. The van der Waals surface area contributed by atoms with Crippen LogP contribution < -0.4 is 10.2 Å². The minimum atomic E-state index is 0.489. The van der Waals surface area contributed by atoms with Crippen molar-refractivity contribution < 1.29 is 0 Å². The third-order valence-corrected chi connectivity index (χ3v) is 4.22. The van der Waals surface area contributed by atoms with E-state index in [0.717, 1.165) is 23.4 Å². The van der Waals surface area contributed by atoms with E-state index in [9.17, 15) is 0 Å². The van der Waals surface area contributed by atoms with Crippen LogP contribution in [0, 0.1) is 0 Å². The molecule has 0 aliphatic carbocycles. The molecule has 2 aromatic rings. The van der Waals surface area contributed by atoms with Gasteiger partial charge in [0.2, 0.25) is 0 Å². The van der Waals surface area contributed by atoms with Gasteiger partial charge in [0.05, 0.1) is 6.54 Å². The minimum absolute atomic E-state index is 0.489. The molecule has 5 heteroatoms. The maximum Gasteiger partial charge on any atom is 0.127 e. The van der Waals surface area contributed by atoms with Crippen molar-refractivity contribution in [2.24, 2.45) is 7.05 Å². The molecule has 0 fully saturated rings. The van der Waals surface area contributed by atoms with Crippen molar-refractivity contribution in [3.8, 4) is 0 Å². The monoisotopic (exact) mass is 350 g/mol. The molecule has 0 amide bonds. The van der Waals surface area contributed by atoms with Crippen LogP contribution in [0.2, 0.25) is 0 Å². The number of hydrogen-bond donors (Lipinski definition) is 1. The fraction of sp³-hybridized carbons (Fsp3) is 0.438. The molecule has 1 aromatic heterocycles. The molecule has 0 unspecified atom stereocenters. The Morgan fingerprint density at radius 3 is 2.71 bits per heavy atom. The number of rotatable bonds is 6. The molecule has 1 aromatic carbocycles. The number of nitrogens with one attached hydrogen (secondary N) is 1. The molecule has 21 heavy (non-hydrogen) atoms. The predicted molar refractivity (Wildman–Crippen MR) is 91.4 cm³/mol. The summed E-state index contributed by atoms with van der Waals surface area (Å²) in [6, 6.07) is 6.98. The molecular formula is C16H23BrN4. The fourth-order valence-electron chi connectivity index (χ4n) is 2.08. The summed E-state index contributed by atoms with van der Waals surface area (Å²) in [6.07, 6.45) is 3.81. The maximum atomic E-state index is 4.37. The number of imidazole rings is 1. The van der Waals surface area contributed by atoms with E-state index in [4.69, 9.17) is 0 Å². The Balaban J connectivity index is 2.06. The van der Waals surface area contributed by atoms with Crippen molar-refractivity contribution in [2.75, 3.05) is 11.9 Å². The molecule has 0 aliphatic rings.